The molecule has 0 bridgehead atoms. The van der Waals surface area contributed by atoms with Crippen molar-refractivity contribution in [1.29, 1.82) is 0 Å². The predicted octanol–water partition coefficient (Wildman–Crippen LogP) is 2.17. The Morgan fingerprint density at radius 2 is 1.85 bits per heavy atom. The molecule has 0 saturated heterocycles. The molecular formula is C14H15ClN2O2S. The van der Waals surface area contributed by atoms with Crippen molar-refractivity contribution in [2.45, 2.75) is 11.5 Å². The Kier molecular flexibility index (Phi) is 4.73. The van der Waals surface area contributed by atoms with Gasteiger partial charge in [-0.15, -0.1) is 0 Å². The molecule has 0 aliphatic rings. The Hall–Kier alpha value is -1.46. The molecule has 0 atom stereocenters. The largest absolute Gasteiger partial charge is 0.330 e. The second-order valence-corrected chi connectivity index (χ2v) is 5.92. The Labute approximate surface area is 126 Å². The zero-order valence-electron chi connectivity index (χ0n) is 11.3. The molecule has 2 rings (SSSR count). The Morgan fingerprint density at radius 1 is 1.10 bits per heavy atom. The number of aromatic nitrogens is 2. The standard InChI is InChI=1S/C14H15ClN2O2S/c1-16-12(7-13(18)17(2)14(16)19)9-20-8-10-4-3-5-11(15)6-10/h3-7H,8-9H2,1-2H3. The van der Waals surface area contributed by atoms with Gasteiger partial charge in [0.05, 0.1) is 0 Å². The normalized spacial score (nSPS) is 10.8. The third-order valence-electron chi connectivity index (χ3n) is 3.03. The minimum atomic E-state index is -0.296. The maximum Gasteiger partial charge on any atom is 0.330 e. The average molecular weight is 311 g/mol. The van der Waals surface area contributed by atoms with E-state index in [4.69, 9.17) is 11.6 Å². The molecular weight excluding hydrogens is 296 g/mol. The highest BCUT2D eigenvalue weighted by Gasteiger charge is 2.06. The van der Waals surface area contributed by atoms with Crippen LogP contribution in [0.1, 0.15) is 11.3 Å². The van der Waals surface area contributed by atoms with Crippen LogP contribution in [-0.4, -0.2) is 9.13 Å². The lowest BCUT2D eigenvalue weighted by molar-refractivity contribution is 0.665. The van der Waals surface area contributed by atoms with E-state index in [9.17, 15) is 9.59 Å². The summed E-state index contributed by atoms with van der Waals surface area (Å²) in [7, 11) is 3.16. The summed E-state index contributed by atoms with van der Waals surface area (Å²) >= 11 is 7.57. The van der Waals surface area contributed by atoms with Crippen LogP contribution in [0.15, 0.2) is 39.9 Å². The average Bonchev–Trinajstić information content (AvgIpc) is 2.42. The van der Waals surface area contributed by atoms with Crippen LogP contribution in [0.2, 0.25) is 5.02 Å². The van der Waals surface area contributed by atoms with Gasteiger partial charge in [0.1, 0.15) is 0 Å². The molecule has 0 aliphatic carbocycles. The summed E-state index contributed by atoms with van der Waals surface area (Å²) in [4.78, 5) is 23.4. The molecule has 0 radical (unpaired) electrons. The number of nitrogens with zero attached hydrogens (tertiary/aromatic N) is 2. The fraction of sp³-hybridized carbons (Fsp3) is 0.286. The van der Waals surface area contributed by atoms with Crippen molar-refractivity contribution >= 4 is 23.4 Å². The van der Waals surface area contributed by atoms with Gasteiger partial charge < -0.3 is 0 Å². The molecule has 1 heterocycles. The number of hydrogen-bond acceptors (Lipinski definition) is 3. The summed E-state index contributed by atoms with van der Waals surface area (Å²) in [5, 5.41) is 0.712. The van der Waals surface area contributed by atoms with E-state index in [0.29, 0.717) is 10.8 Å². The first-order valence-corrected chi connectivity index (χ1v) is 7.60. The van der Waals surface area contributed by atoms with Crippen LogP contribution in [0.3, 0.4) is 0 Å². The Morgan fingerprint density at radius 3 is 2.55 bits per heavy atom. The maximum atomic E-state index is 11.8. The smallest absolute Gasteiger partial charge is 0.300 e. The van der Waals surface area contributed by atoms with Gasteiger partial charge in [-0.1, -0.05) is 23.7 Å². The van der Waals surface area contributed by atoms with Crippen LogP contribution in [-0.2, 0) is 25.6 Å². The number of hydrogen-bond donors (Lipinski definition) is 0. The number of halogens is 1. The van der Waals surface area contributed by atoms with Crippen molar-refractivity contribution in [1.82, 2.24) is 9.13 Å². The van der Waals surface area contributed by atoms with Gasteiger partial charge in [-0.3, -0.25) is 13.9 Å². The highest BCUT2D eigenvalue weighted by atomic mass is 35.5. The first kappa shape index (κ1) is 14.9. The zero-order chi connectivity index (χ0) is 14.7. The van der Waals surface area contributed by atoms with E-state index in [2.05, 4.69) is 0 Å². The van der Waals surface area contributed by atoms with E-state index < -0.39 is 0 Å². The molecule has 0 unspecified atom stereocenters. The number of rotatable bonds is 4. The van der Waals surface area contributed by atoms with Crippen molar-refractivity contribution in [2.75, 3.05) is 0 Å². The fourth-order valence-corrected chi connectivity index (χ4v) is 3.03. The van der Waals surface area contributed by atoms with E-state index in [1.807, 2.05) is 24.3 Å². The van der Waals surface area contributed by atoms with Gasteiger partial charge in [0.25, 0.3) is 5.56 Å². The third kappa shape index (κ3) is 3.35. The molecule has 6 heteroatoms. The van der Waals surface area contributed by atoms with Gasteiger partial charge >= 0.3 is 5.69 Å². The summed E-state index contributed by atoms with van der Waals surface area (Å²) in [6.07, 6.45) is 0. The minimum Gasteiger partial charge on any atom is -0.300 e. The number of thioether (sulfide) groups is 1. The van der Waals surface area contributed by atoms with Crippen molar-refractivity contribution in [2.24, 2.45) is 14.1 Å². The highest BCUT2D eigenvalue weighted by molar-refractivity contribution is 7.97. The second-order valence-electron chi connectivity index (χ2n) is 4.50. The summed E-state index contributed by atoms with van der Waals surface area (Å²) in [5.41, 5.74) is 1.28. The van der Waals surface area contributed by atoms with Crippen LogP contribution in [0.4, 0.5) is 0 Å². The molecule has 20 heavy (non-hydrogen) atoms. The van der Waals surface area contributed by atoms with Crippen molar-refractivity contribution in [3.63, 3.8) is 0 Å². The van der Waals surface area contributed by atoms with E-state index in [1.54, 1.807) is 18.8 Å². The SMILES string of the molecule is Cn1c(CSCc2cccc(Cl)c2)cc(=O)n(C)c1=O. The van der Waals surface area contributed by atoms with Gasteiger partial charge in [-0.05, 0) is 17.7 Å². The van der Waals surface area contributed by atoms with Gasteiger partial charge in [0.15, 0.2) is 0 Å². The van der Waals surface area contributed by atoms with Crippen LogP contribution in [0.5, 0.6) is 0 Å². The van der Waals surface area contributed by atoms with E-state index in [1.165, 1.54) is 17.7 Å². The monoisotopic (exact) mass is 310 g/mol. The van der Waals surface area contributed by atoms with Gasteiger partial charge in [-0.25, -0.2) is 4.79 Å². The molecule has 0 N–H and O–H groups in total. The summed E-state index contributed by atoms with van der Waals surface area (Å²) in [6.45, 7) is 0. The van der Waals surface area contributed by atoms with Gasteiger partial charge in [-0.2, -0.15) is 11.8 Å². The second kappa shape index (κ2) is 6.33. The fourth-order valence-electron chi connectivity index (χ4n) is 1.82. The van der Waals surface area contributed by atoms with Gasteiger partial charge in [0, 0.05) is 42.4 Å². The molecule has 106 valence electrons. The molecule has 0 spiro atoms. The molecule has 4 nitrogen and oxygen atoms in total. The van der Waals surface area contributed by atoms with Crippen molar-refractivity contribution < 1.29 is 0 Å². The van der Waals surface area contributed by atoms with E-state index in [-0.39, 0.29) is 11.2 Å². The highest BCUT2D eigenvalue weighted by Crippen LogP contribution is 2.19. The zero-order valence-corrected chi connectivity index (χ0v) is 12.9. The first-order valence-electron chi connectivity index (χ1n) is 6.07. The maximum absolute atomic E-state index is 11.8. The van der Waals surface area contributed by atoms with E-state index >= 15 is 0 Å². The molecule has 0 fully saturated rings. The quantitative estimate of drug-likeness (QED) is 0.869. The predicted molar refractivity (Wildman–Crippen MR) is 83.4 cm³/mol. The minimum absolute atomic E-state index is 0.272. The van der Waals surface area contributed by atoms with Crippen LogP contribution in [0, 0.1) is 0 Å². The van der Waals surface area contributed by atoms with E-state index in [0.717, 1.165) is 21.6 Å². The van der Waals surface area contributed by atoms with Crippen molar-refractivity contribution in [3.8, 4) is 0 Å². The Balaban J connectivity index is 2.09. The van der Waals surface area contributed by atoms with Gasteiger partial charge in [0.2, 0.25) is 0 Å². The molecule has 2 aromatic rings. The van der Waals surface area contributed by atoms with Crippen LogP contribution >= 0.6 is 23.4 Å². The summed E-state index contributed by atoms with van der Waals surface area (Å²) in [6, 6.07) is 9.17. The lowest BCUT2D eigenvalue weighted by atomic mass is 10.2. The molecule has 1 aromatic carbocycles. The third-order valence-corrected chi connectivity index (χ3v) is 4.31. The Bertz CT molecular complexity index is 737. The lowest BCUT2D eigenvalue weighted by Crippen LogP contribution is -2.37. The van der Waals surface area contributed by atoms with Crippen LogP contribution < -0.4 is 11.2 Å². The van der Waals surface area contributed by atoms with Crippen LogP contribution in [0.25, 0.3) is 0 Å². The number of benzene rings is 1. The summed E-state index contributed by atoms with van der Waals surface area (Å²) < 4.78 is 2.61. The molecule has 1 aromatic heterocycles. The topological polar surface area (TPSA) is 44.0 Å². The molecule has 0 amide bonds. The summed E-state index contributed by atoms with van der Waals surface area (Å²) in [5.74, 6) is 1.39. The first-order chi connectivity index (χ1) is 9.49. The molecule has 0 saturated carbocycles. The molecule has 0 aliphatic heterocycles. The van der Waals surface area contributed by atoms with Crippen molar-refractivity contribution in [3.05, 3.63) is 67.4 Å². The lowest BCUT2D eigenvalue weighted by Gasteiger charge is -2.09.